The Morgan fingerprint density at radius 1 is 0.936 bits per heavy atom. The highest BCUT2D eigenvalue weighted by molar-refractivity contribution is 5.94. The van der Waals surface area contributed by atoms with Gasteiger partial charge in [-0.3, -0.25) is 10.1 Å². The van der Waals surface area contributed by atoms with E-state index in [0.717, 1.165) is 48.4 Å². The van der Waals surface area contributed by atoms with E-state index >= 15 is 0 Å². The third kappa shape index (κ3) is 7.93. The monoisotopic (exact) mass is 634 g/mol. The van der Waals surface area contributed by atoms with Crippen molar-refractivity contribution in [1.29, 1.82) is 0 Å². The van der Waals surface area contributed by atoms with Gasteiger partial charge in [0.2, 0.25) is 5.95 Å². The first-order valence-corrected chi connectivity index (χ1v) is 15.9. The van der Waals surface area contributed by atoms with Crippen molar-refractivity contribution >= 4 is 35.1 Å². The number of rotatable bonds is 12. The fourth-order valence-corrected chi connectivity index (χ4v) is 5.27. The first-order valence-electron chi connectivity index (χ1n) is 15.9. The molecule has 0 fully saturated rings. The summed E-state index contributed by atoms with van der Waals surface area (Å²) >= 11 is 0. The lowest BCUT2D eigenvalue weighted by molar-refractivity contribution is 0.0779. The molecule has 2 N–H and O–H groups in total. The average molecular weight is 635 g/mol. The van der Waals surface area contributed by atoms with Crippen LogP contribution in [0.5, 0.6) is 5.75 Å². The van der Waals surface area contributed by atoms with Crippen molar-refractivity contribution in [1.82, 2.24) is 29.2 Å². The second-order valence-corrected chi connectivity index (χ2v) is 11.4. The summed E-state index contributed by atoms with van der Waals surface area (Å²) in [5, 5.41) is 5.83. The Hall–Kier alpha value is -5.29. The molecule has 0 aliphatic rings. The van der Waals surface area contributed by atoms with E-state index in [-0.39, 0.29) is 17.7 Å². The summed E-state index contributed by atoms with van der Waals surface area (Å²) in [5.74, 6) is 0.830. The molecule has 2 aromatic carbocycles. The number of ether oxygens (including phenoxy) is 1. The zero-order valence-corrected chi connectivity index (χ0v) is 27.9. The maximum atomic E-state index is 13.1. The predicted molar refractivity (Wildman–Crippen MR) is 186 cm³/mol. The number of aromatic nitrogens is 4. The minimum absolute atomic E-state index is 0.0391. The highest BCUT2D eigenvalue weighted by Gasteiger charge is 2.17. The van der Waals surface area contributed by atoms with Crippen LogP contribution in [0.25, 0.3) is 16.8 Å². The predicted octanol–water partition coefficient (Wildman–Crippen LogP) is 6.74. The van der Waals surface area contributed by atoms with Crippen LogP contribution in [0.15, 0.2) is 73.2 Å². The van der Waals surface area contributed by atoms with E-state index in [9.17, 15) is 9.59 Å². The number of nitrogens with zero attached hydrogens (tertiary/aromatic N) is 6. The van der Waals surface area contributed by atoms with Gasteiger partial charge in [-0.05, 0) is 86.4 Å². The molecule has 3 aromatic heterocycles. The molecule has 244 valence electrons. The molecule has 0 atom stereocenters. The topological polar surface area (TPSA) is 117 Å². The van der Waals surface area contributed by atoms with Crippen molar-refractivity contribution in [3.63, 3.8) is 0 Å². The quantitative estimate of drug-likeness (QED) is 0.155. The number of hydrogen-bond acceptors (Lipinski definition) is 8. The zero-order chi connectivity index (χ0) is 33.5. The van der Waals surface area contributed by atoms with Gasteiger partial charge in [-0.2, -0.15) is 4.98 Å². The molecule has 0 aliphatic carbocycles. The number of carbonyl (C=O) groups excluding carboxylic acids is 2. The molecule has 5 aromatic rings. The lowest BCUT2D eigenvalue weighted by atomic mass is 9.98. The first-order chi connectivity index (χ1) is 22.7. The number of carbonyl (C=O) groups is 2. The van der Waals surface area contributed by atoms with Crippen LogP contribution in [0.3, 0.4) is 0 Å². The standard InChI is InChI=1S/C36H42N8O3/c1-7-28-23-44-22-27(30-12-10-11-24(4)25(30)5)21-31(33(44)38-28)47-36(46)41-32-17-18-37-35(40-32)39-29-15-13-26(14-16-29)34(45)42(6)19-20-43(8-2)9-3/h10-18,21-23H,7-9,19-20H2,1-6H3,(H2,37,39,40,41,46). The summed E-state index contributed by atoms with van der Waals surface area (Å²) in [6, 6.07) is 16.7. The second-order valence-electron chi connectivity index (χ2n) is 11.4. The van der Waals surface area contributed by atoms with Gasteiger partial charge < -0.3 is 24.3 Å². The van der Waals surface area contributed by atoms with Gasteiger partial charge in [-0.25, -0.2) is 14.8 Å². The lowest BCUT2D eigenvalue weighted by Gasteiger charge is -2.23. The normalized spacial score (nSPS) is 11.1. The molecule has 11 nitrogen and oxygen atoms in total. The molecule has 5 rings (SSSR count). The van der Waals surface area contributed by atoms with Crippen molar-refractivity contribution in [2.45, 2.75) is 41.0 Å². The van der Waals surface area contributed by atoms with Crippen LogP contribution in [-0.4, -0.2) is 74.4 Å². The van der Waals surface area contributed by atoms with Gasteiger partial charge in [0.25, 0.3) is 5.91 Å². The summed E-state index contributed by atoms with van der Waals surface area (Å²) in [5.41, 5.74) is 7.02. The van der Waals surface area contributed by atoms with E-state index in [1.54, 1.807) is 35.2 Å². The van der Waals surface area contributed by atoms with E-state index in [1.165, 1.54) is 11.8 Å². The Labute approximate surface area is 275 Å². The van der Waals surface area contributed by atoms with Crippen LogP contribution in [-0.2, 0) is 6.42 Å². The summed E-state index contributed by atoms with van der Waals surface area (Å²) in [6.07, 6.45) is 5.53. The molecule has 0 saturated heterocycles. The molecule has 47 heavy (non-hydrogen) atoms. The van der Waals surface area contributed by atoms with Gasteiger partial charge in [-0.1, -0.05) is 39.0 Å². The van der Waals surface area contributed by atoms with Gasteiger partial charge in [-0.15, -0.1) is 0 Å². The number of nitrogens with one attached hydrogen (secondary N) is 2. The van der Waals surface area contributed by atoms with E-state index in [4.69, 9.17) is 4.74 Å². The number of benzene rings is 2. The van der Waals surface area contributed by atoms with Crippen molar-refractivity contribution in [3.8, 4) is 16.9 Å². The van der Waals surface area contributed by atoms with Crippen LogP contribution in [0.1, 0.15) is 48.0 Å². The van der Waals surface area contributed by atoms with Crippen molar-refractivity contribution in [2.75, 3.05) is 43.9 Å². The zero-order valence-electron chi connectivity index (χ0n) is 27.9. The van der Waals surface area contributed by atoms with E-state index < -0.39 is 6.09 Å². The molecule has 0 spiro atoms. The van der Waals surface area contributed by atoms with E-state index in [0.29, 0.717) is 29.2 Å². The minimum atomic E-state index is -0.705. The van der Waals surface area contributed by atoms with Crippen LogP contribution >= 0.6 is 0 Å². The summed E-state index contributed by atoms with van der Waals surface area (Å²) in [4.78, 5) is 43.4. The summed E-state index contributed by atoms with van der Waals surface area (Å²) in [7, 11) is 1.82. The Bertz CT molecular complexity index is 1860. The number of hydrogen-bond donors (Lipinski definition) is 2. The molecule has 0 unspecified atom stereocenters. The largest absolute Gasteiger partial charge is 0.418 e. The van der Waals surface area contributed by atoms with Gasteiger partial charge in [0.15, 0.2) is 11.4 Å². The number of amides is 2. The number of likely N-dealkylation sites (N-methyl/N-ethyl adjacent to an activating group) is 2. The smallest absolute Gasteiger partial charge is 0.406 e. The van der Waals surface area contributed by atoms with Gasteiger partial charge >= 0.3 is 6.09 Å². The minimum Gasteiger partial charge on any atom is -0.406 e. The molecule has 3 heterocycles. The van der Waals surface area contributed by atoms with Gasteiger partial charge in [0.1, 0.15) is 5.82 Å². The van der Waals surface area contributed by atoms with Crippen molar-refractivity contribution in [3.05, 3.63) is 95.6 Å². The SMILES string of the molecule is CCc1cn2cc(-c3cccc(C)c3C)cc(OC(=O)Nc3ccnc(Nc4ccc(C(=O)N(C)CCN(CC)CC)cc4)n3)c2n1. The molecule has 11 heteroatoms. The number of imidazole rings is 1. The van der Waals surface area contributed by atoms with E-state index in [1.807, 2.05) is 42.9 Å². The fourth-order valence-electron chi connectivity index (χ4n) is 5.27. The van der Waals surface area contributed by atoms with Crippen LogP contribution < -0.4 is 15.4 Å². The average Bonchev–Trinajstić information content (AvgIpc) is 3.50. The third-order valence-corrected chi connectivity index (χ3v) is 8.31. The molecule has 0 aliphatic heterocycles. The van der Waals surface area contributed by atoms with Gasteiger partial charge in [0, 0.05) is 55.5 Å². The molecule has 0 saturated carbocycles. The number of aryl methyl sites for hydroxylation is 2. The molecule has 2 amide bonds. The summed E-state index contributed by atoms with van der Waals surface area (Å²) < 4.78 is 7.72. The number of anilines is 3. The van der Waals surface area contributed by atoms with Gasteiger partial charge in [0.05, 0.1) is 5.69 Å². The van der Waals surface area contributed by atoms with Crippen LogP contribution in [0, 0.1) is 13.8 Å². The van der Waals surface area contributed by atoms with Crippen LogP contribution in [0.2, 0.25) is 0 Å². The Kier molecular flexibility index (Phi) is 10.5. The first kappa shape index (κ1) is 33.1. The second kappa shape index (κ2) is 14.9. The molecular weight excluding hydrogens is 592 g/mol. The fraction of sp³-hybridized carbons (Fsp3) is 0.306. The Morgan fingerprint density at radius 3 is 2.43 bits per heavy atom. The maximum Gasteiger partial charge on any atom is 0.418 e. The molecular formula is C36H42N8O3. The highest BCUT2D eigenvalue weighted by atomic mass is 16.6. The molecule has 0 bridgehead atoms. The summed E-state index contributed by atoms with van der Waals surface area (Å²) in [6.45, 7) is 13.8. The van der Waals surface area contributed by atoms with Crippen molar-refractivity contribution in [2.24, 2.45) is 0 Å². The third-order valence-electron chi connectivity index (χ3n) is 8.31. The Balaban J connectivity index is 1.26. The number of pyridine rings is 1. The van der Waals surface area contributed by atoms with Crippen LogP contribution in [0.4, 0.5) is 22.2 Å². The Morgan fingerprint density at radius 2 is 1.70 bits per heavy atom. The highest BCUT2D eigenvalue weighted by Crippen LogP contribution is 2.31. The van der Waals surface area contributed by atoms with Crippen molar-refractivity contribution < 1.29 is 14.3 Å². The number of fused-ring (bicyclic) bond motifs is 1. The molecule has 0 radical (unpaired) electrons. The lowest BCUT2D eigenvalue weighted by Crippen LogP contribution is -2.36. The maximum absolute atomic E-state index is 13.1. The van der Waals surface area contributed by atoms with E-state index in [2.05, 4.69) is 70.3 Å².